The van der Waals surface area contributed by atoms with E-state index < -0.39 is 0 Å². The smallest absolute Gasteiger partial charge is 0.270 e. The second-order valence-electron chi connectivity index (χ2n) is 5.45. The van der Waals surface area contributed by atoms with E-state index in [2.05, 4.69) is 20.6 Å². The fourth-order valence-electron chi connectivity index (χ4n) is 1.79. The van der Waals surface area contributed by atoms with E-state index in [9.17, 15) is 4.79 Å². The molecule has 1 amide bonds. The Hall–Kier alpha value is -2.14. The van der Waals surface area contributed by atoms with Crippen molar-refractivity contribution in [3.63, 3.8) is 0 Å². The quantitative estimate of drug-likeness (QED) is 0.884. The van der Waals surface area contributed by atoms with Gasteiger partial charge in [0.05, 0.1) is 0 Å². The van der Waals surface area contributed by atoms with Crippen LogP contribution in [0.25, 0.3) is 0 Å². The zero-order valence-corrected chi connectivity index (χ0v) is 13.6. The van der Waals surface area contributed by atoms with Crippen molar-refractivity contribution < 1.29 is 4.79 Å². The summed E-state index contributed by atoms with van der Waals surface area (Å²) >= 11 is 5.85. The molecular formula is C16H19ClN4O. The largest absolute Gasteiger partial charge is 0.350 e. The van der Waals surface area contributed by atoms with E-state index in [0.29, 0.717) is 29.1 Å². The molecule has 22 heavy (non-hydrogen) atoms. The molecule has 1 aromatic carbocycles. The van der Waals surface area contributed by atoms with E-state index in [1.54, 1.807) is 18.2 Å². The number of hydrogen-bond acceptors (Lipinski definition) is 4. The average molecular weight is 319 g/mol. The summed E-state index contributed by atoms with van der Waals surface area (Å²) in [5.74, 6) is 0.578. The summed E-state index contributed by atoms with van der Waals surface area (Å²) in [5, 5.41) is 6.58. The molecule has 0 saturated carbocycles. The van der Waals surface area contributed by atoms with E-state index in [4.69, 9.17) is 11.6 Å². The first-order valence-corrected chi connectivity index (χ1v) is 7.48. The van der Waals surface area contributed by atoms with Gasteiger partial charge < -0.3 is 10.6 Å². The number of aromatic nitrogens is 2. The molecular weight excluding hydrogens is 300 g/mol. The van der Waals surface area contributed by atoms with Gasteiger partial charge in [-0.05, 0) is 43.2 Å². The molecule has 0 aliphatic heterocycles. The van der Waals surface area contributed by atoms with Crippen LogP contribution in [0, 0.1) is 12.8 Å². The first kappa shape index (κ1) is 16.2. The molecule has 116 valence electrons. The zero-order valence-electron chi connectivity index (χ0n) is 12.9. The maximum Gasteiger partial charge on any atom is 0.270 e. The topological polar surface area (TPSA) is 66.9 Å². The Balaban J connectivity index is 2.15. The first-order valence-electron chi connectivity index (χ1n) is 7.10. The van der Waals surface area contributed by atoms with Crippen molar-refractivity contribution in [3.05, 3.63) is 46.7 Å². The molecule has 0 aliphatic rings. The lowest BCUT2D eigenvalue weighted by Crippen LogP contribution is -2.28. The lowest BCUT2D eigenvalue weighted by Gasteiger charge is -2.10. The van der Waals surface area contributed by atoms with Gasteiger partial charge in [0.15, 0.2) is 0 Å². The molecule has 6 heteroatoms. The number of anilines is 2. The van der Waals surface area contributed by atoms with Gasteiger partial charge in [0.1, 0.15) is 5.69 Å². The van der Waals surface area contributed by atoms with Crippen LogP contribution in [-0.4, -0.2) is 22.4 Å². The van der Waals surface area contributed by atoms with Crippen molar-refractivity contribution >= 4 is 29.1 Å². The highest BCUT2D eigenvalue weighted by Crippen LogP contribution is 2.17. The molecule has 0 radical (unpaired) electrons. The van der Waals surface area contributed by atoms with Crippen LogP contribution in [0.1, 0.15) is 30.0 Å². The van der Waals surface area contributed by atoms with Gasteiger partial charge in [0.2, 0.25) is 5.95 Å². The minimum absolute atomic E-state index is 0.196. The van der Waals surface area contributed by atoms with Crippen molar-refractivity contribution in [2.24, 2.45) is 5.92 Å². The molecule has 1 heterocycles. The van der Waals surface area contributed by atoms with Gasteiger partial charge in [-0.25, -0.2) is 9.97 Å². The second-order valence-corrected chi connectivity index (χ2v) is 5.89. The number of carbonyl (C=O) groups is 1. The molecule has 2 aromatic rings. The minimum atomic E-state index is -0.196. The number of nitrogens with one attached hydrogen (secondary N) is 2. The highest BCUT2D eigenvalue weighted by molar-refractivity contribution is 6.30. The molecule has 0 spiro atoms. The number of hydrogen-bond donors (Lipinski definition) is 2. The number of aryl methyl sites for hydroxylation is 1. The summed E-state index contributed by atoms with van der Waals surface area (Å²) in [7, 11) is 0. The number of halogens is 1. The maximum atomic E-state index is 12.1. The molecule has 0 fully saturated rings. The number of benzene rings is 1. The third kappa shape index (κ3) is 4.70. The van der Waals surface area contributed by atoms with Gasteiger partial charge in [-0.2, -0.15) is 0 Å². The Morgan fingerprint density at radius 3 is 2.55 bits per heavy atom. The summed E-state index contributed by atoms with van der Waals surface area (Å²) in [6, 6.07) is 8.87. The fraction of sp³-hybridized carbons (Fsp3) is 0.312. The van der Waals surface area contributed by atoms with Crippen molar-refractivity contribution in [2.75, 3.05) is 11.9 Å². The van der Waals surface area contributed by atoms with Crippen LogP contribution in [0.5, 0.6) is 0 Å². The predicted octanol–water partition coefficient (Wildman–Crippen LogP) is 3.57. The van der Waals surface area contributed by atoms with Crippen LogP contribution in [0.3, 0.4) is 0 Å². The fourth-order valence-corrected chi connectivity index (χ4v) is 1.92. The highest BCUT2D eigenvalue weighted by Gasteiger charge is 2.11. The number of carbonyl (C=O) groups excluding carboxylic acids is 1. The number of nitrogens with zero attached hydrogens (tertiary/aromatic N) is 2. The lowest BCUT2D eigenvalue weighted by molar-refractivity contribution is 0.0944. The average Bonchev–Trinajstić information content (AvgIpc) is 2.46. The summed E-state index contributed by atoms with van der Waals surface area (Å²) < 4.78 is 0. The van der Waals surface area contributed by atoms with Crippen LogP contribution in [0.2, 0.25) is 5.02 Å². The van der Waals surface area contributed by atoms with Crippen molar-refractivity contribution in [2.45, 2.75) is 20.8 Å². The van der Waals surface area contributed by atoms with Crippen molar-refractivity contribution in [1.29, 1.82) is 0 Å². The Kier molecular flexibility index (Phi) is 5.33. The normalized spacial score (nSPS) is 10.6. The third-order valence-electron chi connectivity index (χ3n) is 2.86. The molecule has 0 unspecified atom stereocenters. The van der Waals surface area contributed by atoms with Gasteiger partial charge in [-0.1, -0.05) is 25.4 Å². The highest BCUT2D eigenvalue weighted by atomic mass is 35.5. The molecule has 5 nitrogen and oxygen atoms in total. The molecule has 2 N–H and O–H groups in total. The van der Waals surface area contributed by atoms with E-state index in [0.717, 1.165) is 11.4 Å². The minimum Gasteiger partial charge on any atom is -0.350 e. The van der Waals surface area contributed by atoms with Crippen LogP contribution < -0.4 is 10.6 Å². The lowest BCUT2D eigenvalue weighted by atomic mass is 10.2. The predicted molar refractivity (Wildman–Crippen MR) is 88.7 cm³/mol. The van der Waals surface area contributed by atoms with Gasteiger partial charge in [-0.15, -0.1) is 0 Å². The van der Waals surface area contributed by atoms with Crippen molar-refractivity contribution in [3.8, 4) is 0 Å². The standard InChI is InChI=1S/C16H19ClN4O/c1-10(2)9-18-15(22)14-8-11(3)19-16(21-14)20-13-6-4-12(17)5-7-13/h4-8,10H,9H2,1-3H3,(H,18,22)(H,19,20,21). The van der Waals surface area contributed by atoms with E-state index in [-0.39, 0.29) is 5.91 Å². The second kappa shape index (κ2) is 7.22. The molecule has 1 aromatic heterocycles. The Labute approximate surface area is 135 Å². The number of rotatable bonds is 5. The SMILES string of the molecule is Cc1cc(C(=O)NCC(C)C)nc(Nc2ccc(Cl)cc2)n1. The molecule has 0 saturated heterocycles. The Morgan fingerprint density at radius 2 is 1.91 bits per heavy atom. The first-order chi connectivity index (χ1) is 10.4. The van der Waals surface area contributed by atoms with Crippen molar-refractivity contribution in [1.82, 2.24) is 15.3 Å². The van der Waals surface area contributed by atoms with Crippen LogP contribution in [0.15, 0.2) is 30.3 Å². The van der Waals surface area contributed by atoms with Crippen LogP contribution >= 0.6 is 11.6 Å². The van der Waals surface area contributed by atoms with Gasteiger partial charge >= 0.3 is 0 Å². The van der Waals surface area contributed by atoms with Gasteiger partial charge in [0.25, 0.3) is 5.91 Å². The van der Waals surface area contributed by atoms with E-state index in [1.165, 1.54) is 0 Å². The molecule has 0 aliphatic carbocycles. The Bertz CT molecular complexity index is 656. The molecule has 0 atom stereocenters. The molecule has 0 bridgehead atoms. The monoisotopic (exact) mass is 318 g/mol. The molecule has 2 rings (SSSR count). The summed E-state index contributed by atoms with van der Waals surface area (Å²) in [4.78, 5) is 20.7. The summed E-state index contributed by atoms with van der Waals surface area (Å²) in [6.45, 7) is 6.52. The van der Waals surface area contributed by atoms with Crippen LogP contribution in [-0.2, 0) is 0 Å². The van der Waals surface area contributed by atoms with E-state index in [1.807, 2.05) is 32.9 Å². The zero-order chi connectivity index (χ0) is 16.1. The summed E-state index contributed by atoms with van der Waals surface area (Å²) in [5.41, 5.74) is 1.88. The maximum absolute atomic E-state index is 12.1. The van der Waals surface area contributed by atoms with Gasteiger partial charge in [0, 0.05) is 22.9 Å². The van der Waals surface area contributed by atoms with Gasteiger partial charge in [-0.3, -0.25) is 4.79 Å². The number of amides is 1. The summed E-state index contributed by atoms with van der Waals surface area (Å²) in [6.07, 6.45) is 0. The van der Waals surface area contributed by atoms with E-state index >= 15 is 0 Å². The third-order valence-corrected chi connectivity index (χ3v) is 3.11. The van der Waals surface area contributed by atoms with Crippen LogP contribution in [0.4, 0.5) is 11.6 Å². The Morgan fingerprint density at radius 1 is 1.23 bits per heavy atom.